The zero-order valence-corrected chi connectivity index (χ0v) is 23.3. The summed E-state index contributed by atoms with van der Waals surface area (Å²) in [5.74, 6) is 0.896. The number of hydrogen-bond acceptors (Lipinski definition) is 8. The number of aromatic nitrogens is 2. The maximum absolute atomic E-state index is 12.1. The van der Waals surface area contributed by atoms with E-state index in [1.165, 1.54) is 12.3 Å². The van der Waals surface area contributed by atoms with Gasteiger partial charge in [0.1, 0.15) is 12.4 Å². The van der Waals surface area contributed by atoms with Crippen LogP contribution in [-0.2, 0) is 17.8 Å². The van der Waals surface area contributed by atoms with E-state index in [-0.39, 0.29) is 5.91 Å². The van der Waals surface area contributed by atoms with Crippen molar-refractivity contribution >= 4 is 23.6 Å². The first kappa shape index (κ1) is 27.6. The summed E-state index contributed by atoms with van der Waals surface area (Å²) in [6.07, 6.45) is 3.65. The molecule has 0 radical (unpaired) electrons. The minimum Gasteiger partial charge on any atom is -0.462 e. The Bertz CT molecular complexity index is 1170. The molecule has 9 nitrogen and oxygen atoms in total. The molecule has 1 saturated heterocycles. The van der Waals surface area contributed by atoms with Crippen LogP contribution in [0.3, 0.4) is 0 Å². The molecule has 4 rings (SSSR count). The fourth-order valence-electron chi connectivity index (χ4n) is 5.40. The average molecular weight is 520 g/mol. The normalized spacial score (nSPS) is 15.4. The maximum atomic E-state index is 12.1. The van der Waals surface area contributed by atoms with Gasteiger partial charge >= 0.3 is 6.01 Å². The molecule has 1 aromatic carbocycles. The minimum absolute atomic E-state index is 0.0269. The van der Waals surface area contributed by atoms with Crippen molar-refractivity contribution in [2.45, 2.75) is 40.7 Å². The smallest absolute Gasteiger partial charge is 0.318 e. The highest BCUT2D eigenvalue weighted by molar-refractivity contribution is 5.89. The number of nitrogens with one attached hydrogen (secondary N) is 1. The van der Waals surface area contributed by atoms with Gasteiger partial charge in [0.25, 0.3) is 0 Å². The van der Waals surface area contributed by atoms with Gasteiger partial charge in [0, 0.05) is 62.3 Å². The maximum Gasteiger partial charge on any atom is 0.318 e. The van der Waals surface area contributed by atoms with Gasteiger partial charge in [-0.05, 0) is 50.6 Å². The van der Waals surface area contributed by atoms with Gasteiger partial charge in [-0.3, -0.25) is 4.79 Å². The van der Waals surface area contributed by atoms with E-state index in [0.717, 1.165) is 72.1 Å². The van der Waals surface area contributed by atoms with Crippen molar-refractivity contribution < 1.29 is 9.53 Å². The Morgan fingerprint density at radius 2 is 1.79 bits per heavy atom. The molecule has 0 unspecified atom stereocenters. The molecule has 0 aliphatic carbocycles. The van der Waals surface area contributed by atoms with Crippen LogP contribution in [0.25, 0.3) is 0 Å². The van der Waals surface area contributed by atoms with Gasteiger partial charge in [-0.25, -0.2) is 0 Å². The number of piperazine rings is 1. The Morgan fingerprint density at radius 1 is 1.08 bits per heavy atom. The van der Waals surface area contributed by atoms with Crippen LogP contribution in [0.4, 0.5) is 11.5 Å². The Kier molecular flexibility index (Phi) is 8.99. The van der Waals surface area contributed by atoms with Gasteiger partial charge in [-0.1, -0.05) is 32.6 Å². The standard InChI is InChI=1S/C29H41N7O2/c1-6-26(37)34-13-15-35(16-14-34)28-23-11-12-36(27-22(5)10-9-21(4)24(27)19-30)20-25(23)31-29(32-28)38-18-17-33(7-2)8-3/h6,9-10,19,30H,1,7-8,11-18,20H2,2-5H3. The predicted octanol–water partition coefficient (Wildman–Crippen LogP) is 3.21. The number of aryl methyl sites for hydroxylation is 2. The summed E-state index contributed by atoms with van der Waals surface area (Å²) in [4.78, 5) is 30.7. The summed E-state index contributed by atoms with van der Waals surface area (Å²) in [6, 6.07) is 4.62. The molecule has 0 spiro atoms. The molecule has 1 N–H and O–H groups in total. The molecule has 204 valence electrons. The summed E-state index contributed by atoms with van der Waals surface area (Å²) in [6.45, 7) is 19.5. The number of rotatable bonds is 10. The lowest BCUT2D eigenvalue weighted by molar-refractivity contribution is -0.126. The lowest BCUT2D eigenvalue weighted by Gasteiger charge is -2.38. The summed E-state index contributed by atoms with van der Waals surface area (Å²) in [5, 5.41) is 8.05. The molecule has 0 atom stereocenters. The summed E-state index contributed by atoms with van der Waals surface area (Å²) in [7, 11) is 0. The third-order valence-electron chi connectivity index (χ3n) is 7.72. The lowest BCUT2D eigenvalue weighted by atomic mass is 9.98. The highest BCUT2D eigenvalue weighted by Gasteiger charge is 2.29. The molecule has 38 heavy (non-hydrogen) atoms. The van der Waals surface area contributed by atoms with E-state index < -0.39 is 0 Å². The van der Waals surface area contributed by atoms with Gasteiger partial charge in [0.15, 0.2) is 0 Å². The number of nitrogens with zero attached hydrogens (tertiary/aromatic N) is 6. The van der Waals surface area contributed by atoms with Crippen molar-refractivity contribution in [3.63, 3.8) is 0 Å². The third kappa shape index (κ3) is 5.83. The fourth-order valence-corrected chi connectivity index (χ4v) is 5.40. The SMILES string of the molecule is C=CC(=O)N1CCN(c2nc(OCCN(CC)CC)nc3c2CCN(c2c(C)ccc(C)c2C=N)C3)CC1. The highest BCUT2D eigenvalue weighted by Crippen LogP contribution is 2.34. The number of anilines is 2. The van der Waals surface area contributed by atoms with Crippen molar-refractivity contribution in [3.8, 4) is 6.01 Å². The second-order valence-electron chi connectivity index (χ2n) is 9.92. The Balaban J connectivity index is 1.64. The van der Waals surface area contributed by atoms with Gasteiger partial charge in [-0.15, -0.1) is 0 Å². The van der Waals surface area contributed by atoms with Crippen LogP contribution in [0.1, 0.15) is 41.8 Å². The average Bonchev–Trinajstić information content (AvgIpc) is 2.95. The van der Waals surface area contributed by atoms with E-state index in [2.05, 4.69) is 61.1 Å². The van der Waals surface area contributed by atoms with E-state index in [1.807, 2.05) is 4.90 Å². The van der Waals surface area contributed by atoms with Crippen molar-refractivity contribution in [2.24, 2.45) is 0 Å². The first-order valence-corrected chi connectivity index (χ1v) is 13.7. The number of carbonyl (C=O) groups is 1. The number of fused-ring (bicyclic) bond motifs is 1. The van der Waals surface area contributed by atoms with E-state index in [0.29, 0.717) is 45.3 Å². The molecule has 1 amide bonds. The van der Waals surface area contributed by atoms with Crippen LogP contribution in [0, 0.1) is 19.3 Å². The summed E-state index contributed by atoms with van der Waals surface area (Å²) >= 11 is 0. The Morgan fingerprint density at radius 3 is 2.45 bits per heavy atom. The van der Waals surface area contributed by atoms with Crippen LogP contribution >= 0.6 is 0 Å². The quantitative estimate of drug-likeness (QED) is 0.381. The molecule has 2 aromatic rings. The molecular formula is C29H41N7O2. The van der Waals surface area contributed by atoms with E-state index >= 15 is 0 Å². The number of ether oxygens (including phenoxy) is 1. The number of benzene rings is 1. The number of carbonyl (C=O) groups excluding carboxylic acids is 1. The zero-order valence-electron chi connectivity index (χ0n) is 23.3. The van der Waals surface area contributed by atoms with Crippen LogP contribution in [0.15, 0.2) is 24.8 Å². The van der Waals surface area contributed by atoms with E-state index in [1.54, 1.807) is 0 Å². The number of hydrogen-bond donors (Lipinski definition) is 1. The van der Waals surface area contributed by atoms with Crippen LogP contribution in [-0.4, -0.2) is 90.9 Å². The molecule has 2 aliphatic heterocycles. The number of likely N-dealkylation sites (N-methyl/N-ethyl adjacent to an activating group) is 1. The molecule has 9 heteroatoms. The van der Waals surface area contributed by atoms with E-state index in [9.17, 15) is 4.79 Å². The Hall–Kier alpha value is -3.46. The van der Waals surface area contributed by atoms with Crippen LogP contribution in [0.5, 0.6) is 6.01 Å². The zero-order chi connectivity index (χ0) is 27.2. The van der Waals surface area contributed by atoms with Crippen LogP contribution in [0.2, 0.25) is 0 Å². The van der Waals surface area contributed by atoms with Gasteiger partial charge in [-0.2, -0.15) is 9.97 Å². The first-order chi connectivity index (χ1) is 18.4. The molecule has 3 heterocycles. The second-order valence-corrected chi connectivity index (χ2v) is 9.92. The van der Waals surface area contributed by atoms with Crippen LogP contribution < -0.4 is 14.5 Å². The second kappa shape index (κ2) is 12.4. The molecule has 0 saturated carbocycles. The highest BCUT2D eigenvalue weighted by atomic mass is 16.5. The van der Waals surface area contributed by atoms with Crippen molar-refractivity contribution in [1.82, 2.24) is 19.8 Å². The van der Waals surface area contributed by atoms with Crippen molar-refractivity contribution in [1.29, 1.82) is 5.41 Å². The molecule has 2 aliphatic rings. The summed E-state index contributed by atoms with van der Waals surface area (Å²) in [5.41, 5.74) is 6.45. The van der Waals surface area contributed by atoms with Gasteiger partial charge < -0.3 is 29.7 Å². The third-order valence-corrected chi connectivity index (χ3v) is 7.72. The summed E-state index contributed by atoms with van der Waals surface area (Å²) < 4.78 is 6.12. The molecular weight excluding hydrogens is 478 g/mol. The molecule has 0 bridgehead atoms. The first-order valence-electron chi connectivity index (χ1n) is 13.7. The van der Waals surface area contributed by atoms with E-state index in [4.69, 9.17) is 20.1 Å². The number of amides is 1. The fraction of sp³-hybridized carbons (Fsp3) is 0.517. The van der Waals surface area contributed by atoms with Crippen molar-refractivity contribution in [2.75, 3.05) is 68.8 Å². The Labute approximate surface area is 226 Å². The molecule has 1 aromatic heterocycles. The lowest BCUT2D eigenvalue weighted by Crippen LogP contribution is -2.49. The predicted molar refractivity (Wildman–Crippen MR) is 153 cm³/mol. The van der Waals surface area contributed by atoms with Gasteiger partial charge in [0.2, 0.25) is 5.91 Å². The largest absolute Gasteiger partial charge is 0.462 e. The minimum atomic E-state index is -0.0269. The monoisotopic (exact) mass is 519 g/mol. The topological polar surface area (TPSA) is 88.9 Å². The molecule has 1 fully saturated rings. The van der Waals surface area contributed by atoms with Crippen molar-refractivity contribution in [3.05, 3.63) is 52.7 Å². The van der Waals surface area contributed by atoms with Gasteiger partial charge in [0.05, 0.1) is 12.2 Å².